The number of halogens is 1. The fraction of sp³-hybridized carbons (Fsp3) is 0.242. The predicted octanol–water partition coefficient (Wildman–Crippen LogP) is 5.72. The number of benzene rings is 4. The Bertz CT molecular complexity index is 1590. The van der Waals surface area contributed by atoms with Crippen LogP contribution in [0.2, 0.25) is 5.02 Å². The molecule has 4 aromatic carbocycles. The van der Waals surface area contributed by atoms with Gasteiger partial charge in [0.15, 0.2) is 0 Å². The van der Waals surface area contributed by atoms with E-state index in [2.05, 4.69) is 40.5 Å². The summed E-state index contributed by atoms with van der Waals surface area (Å²) in [6.07, 6.45) is 2.07. The normalized spacial score (nSPS) is 17.8. The zero-order valence-corrected chi connectivity index (χ0v) is 23.1. The van der Waals surface area contributed by atoms with E-state index in [1.54, 1.807) is 4.90 Å². The molecule has 0 saturated carbocycles. The third-order valence-electron chi connectivity index (χ3n) is 7.86. The maximum absolute atomic E-state index is 13.7. The highest BCUT2D eigenvalue weighted by atomic mass is 35.5. The number of benzodiazepines with no additional fused rings is 1. The zero-order chi connectivity index (χ0) is 27.6. The van der Waals surface area contributed by atoms with Crippen LogP contribution in [0.1, 0.15) is 34.3 Å². The molecular weight excluding hydrogens is 520 g/mol. The number of amides is 2. The van der Waals surface area contributed by atoms with Crippen LogP contribution >= 0.6 is 11.6 Å². The summed E-state index contributed by atoms with van der Waals surface area (Å²) < 4.78 is 0. The second-order valence-corrected chi connectivity index (χ2v) is 11.0. The zero-order valence-electron chi connectivity index (χ0n) is 22.4. The van der Waals surface area contributed by atoms with E-state index >= 15 is 0 Å². The number of anilines is 1. The third-order valence-corrected chi connectivity index (χ3v) is 8.10. The van der Waals surface area contributed by atoms with Gasteiger partial charge in [0.25, 0.3) is 11.8 Å². The Morgan fingerprint density at radius 2 is 1.65 bits per heavy atom. The first-order chi connectivity index (χ1) is 19.5. The van der Waals surface area contributed by atoms with E-state index in [1.807, 2.05) is 67.7 Å². The van der Waals surface area contributed by atoms with Gasteiger partial charge in [-0.05, 0) is 59.5 Å². The fourth-order valence-electron chi connectivity index (χ4n) is 5.66. The quantitative estimate of drug-likeness (QED) is 0.353. The molecule has 1 unspecified atom stereocenters. The van der Waals surface area contributed by atoms with Crippen LogP contribution in [0.15, 0.2) is 96.0 Å². The van der Waals surface area contributed by atoms with Crippen molar-refractivity contribution in [2.45, 2.75) is 31.3 Å². The molecule has 1 fully saturated rings. The molecule has 1 N–H and O–H groups in total. The number of hydrogen-bond donors (Lipinski definition) is 1. The van der Waals surface area contributed by atoms with Crippen molar-refractivity contribution in [3.05, 3.63) is 113 Å². The number of carbonyl (C=O) groups excluding carboxylic acids is 2. The number of nitrogens with zero attached hydrogens (tertiary/aromatic N) is 3. The molecule has 4 aromatic rings. The van der Waals surface area contributed by atoms with E-state index in [1.165, 1.54) is 5.39 Å². The number of aliphatic imine (C=N–C) groups is 1. The molecule has 1 atom stereocenters. The van der Waals surface area contributed by atoms with Gasteiger partial charge in [-0.3, -0.25) is 14.6 Å². The summed E-state index contributed by atoms with van der Waals surface area (Å²) in [6.45, 7) is 1.43. The first-order valence-electron chi connectivity index (χ1n) is 13.7. The largest absolute Gasteiger partial charge is 0.356 e. The lowest BCUT2D eigenvalue weighted by Gasteiger charge is -2.35. The van der Waals surface area contributed by atoms with Gasteiger partial charge in [-0.25, -0.2) is 0 Å². The van der Waals surface area contributed by atoms with Crippen LogP contribution in [0.3, 0.4) is 0 Å². The third kappa shape index (κ3) is 5.32. The minimum Gasteiger partial charge on any atom is -0.356 e. The molecule has 2 aliphatic heterocycles. The summed E-state index contributed by atoms with van der Waals surface area (Å²) in [5.41, 5.74) is 3.39. The highest BCUT2D eigenvalue weighted by Crippen LogP contribution is 2.31. The number of piperidine rings is 1. The molecule has 40 heavy (non-hydrogen) atoms. The van der Waals surface area contributed by atoms with Gasteiger partial charge in [-0.15, -0.1) is 0 Å². The molecule has 1 saturated heterocycles. The Morgan fingerprint density at radius 1 is 0.925 bits per heavy atom. The van der Waals surface area contributed by atoms with Crippen molar-refractivity contribution in [3.63, 3.8) is 0 Å². The monoisotopic (exact) mass is 550 g/mol. The van der Waals surface area contributed by atoms with Crippen LogP contribution in [0.25, 0.3) is 10.8 Å². The first kappa shape index (κ1) is 26.1. The molecule has 2 heterocycles. The number of rotatable bonds is 4. The molecule has 2 amide bonds. The van der Waals surface area contributed by atoms with Crippen LogP contribution < -0.4 is 10.2 Å². The van der Waals surface area contributed by atoms with Crippen molar-refractivity contribution >= 4 is 45.7 Å². The number of carbonyl (C=O) groups is 2. The Morgan fingerprint density at radius 3 is 2.42 bits per heavy atom. The van der Waals surface area contributed by atoms with E-state index in [-0.39, 0.29) is 17.9 Å². The number of likely N-dealkylation sites (N-methyl/N-ethyl adjacent to an activating group) is 1. The predicted molar refractivity (Wildman–Crippen MR) is 161 cm³/mol. The highest BCUT2D eigenvalue weighted by Gasteiger charge is 2.33. The summed E-state index contributed by atoms with van der Waals surface area (Å²) >= 11 is 6.45. The first-order valence-corrected chi connectivity index (χ1v) is 14.1. The minimum absolute atomic E-state index is 0.0447. The Balaban J connectivity index is 1.27. The fourth-order valence-corrected chi connectivity index (χ4v) is 5.83. The summed E-state index contributed by atoms with van der Waals surface area (Å²) in [5.74, 6) is 0.691. The molecule has 6 nitrogen and oxygen atoms in total. The maximum Gasteiger partial charge on any atom is 0.251 e. The van der Waals surface area contributed by atoms with Gasteiger partial charge in [0.1, 0.15) is 11.9 Å². The van der Waals surface area contributed by atoms with Crippen molar-refractivity contribution in [3.8, 4) is 0 Å². The van der Waals surface area contributed by atoms with Crippen molar-refractivity contribution in [1.29, 1.82) is 0 Å². The molecule has 2 aliphatic rings. The molecule has 0 radical (unpaired) electrons. The van der Waals surface area contributed by atoms with Crippen molar-refractivity contribution in [2.24, 2.45) is 4.99 Å². The van der Waals surface area contributed by atoms with Gasteiger partial charge in [-0.1, -0.05) is 72.3 Å². The van der Waals surface area contributed by atoms with E-state index in [4.69, 9.17) is 16.6 Å². The topological polar surface area (TPSA) is 65.0 Å². The molecule has 0 spiro atoms. The molecule has 202 valence electrons. The maximum atomic E-state index is 13.7. The summed E-state index contributed by atoms with van der Waals surface area (Å²) in [7, 11) is 1.81. The Labute approximate surface area is 239 Å². The lowest BCUT2D eigenvalue weighted by atomic mass is 10.0. The van der Waals surface area contributed by atoms with Crippen molar-refractivity contribution in [2.75, 3.05) is 25.0 Å². The molecule has 6 rings (SSSR count). The van der Waals surface area contributed by atoms with Gasteiger partial charge in [0, 0.05) is 48.7 Å². The summed E-state index contributed by atoms with van der Waals surface area (Å²) in [5, 5.41) is 6.10. The molecule has 7 heteroatoms. The molecular formula is C33H31ClN4O2. The highest BCUT2D eigenvalue weighted by molar-refractivity contribution is 6.31. The molecule has 0 aromatic heterocycles. The van der Waals surface area contributed by atoms with Gasteiger partial charge in [-0.2, -0.15) is 0 Å². The average molecular weight is 551 g/mol. The van der Waals surface area contributed by atoms with Crippen LogP contribution in [0.5, 0.6) is 0 Å². The van der Waals surface area contributed by atoms with Crippen LogP contribution in [-0.4, -0.2) is 54.8 Å². The number of fused-ring (bicyclic) bond motifs is 2. The average Bonchev–Trinajstić information content (AvgIpc) is 3.08. The van der Waals surface area contributed by atoms with Gasteiger partial charge < -0.3 is 15.1 Å². The van der Waals surface area contributed by atoms with E-state index in [0.29, 0.717) is 30.1 Å². The lowest BCUT2D eigenvalue weighted by Crippen LogP contribution is -2.47. The van der Waals surface area contributed by atoms with E-state index < -0.39 is 6.04 Å². The standard InChI is InChI=1S/C33H31ClN4O2/c1-37-30-14-13-26(34)21-28(30)31(38-17-15-27(16-18-38)35-32(39)24-8-3-2-4-9-24)36-29(33(37)40)20-22-11-12-23-7-5-6-10-25(23)19-22/h2-14,19,21,27,29H,15-18,20H2,1H3,(H,35,39). The smallest absolute Gasteiger partial charge is 0.251 e. The van der Waals surface area contributed by atoms with Crippen molar-refractivity contribution in [1.82, 2.24) is 10.2 Å². The van der Waals surface area contributed by atoms with Gasteiger partial charge in [0.2, 0.25) is 0 Å². The molecule has 0 bridgehead atoms. The Kier molecular flexibility index (Phi) is 7.27. The van der Waals surface area contributed by atoms with E-state index in [0.717, 1.165) is 40.9 Å². The van der Waals surface area contributed by atoms with Gasteiger partial charge in [0.05, 0.1) is 5.69 Å². The second-order valence-electron chi connectivity index (χ2n) is 10.5. The van der Waals surface area contributed by atoms with Crippen LogP contribution in [-0.2, 0) is 11.2 Å². The van der Waals surface area contributed by atoms with Crippen LogP contribution in [0, 0.1) is 0 Å². The SMILES string of the molecule is CN1C(=O)C(Cc2ccc3ccccc3c2)N=C(N2CCC(NC(=O)c3ccccc3)CC2)c2cc(Cl)ccc21. The van der Waals surface area contributed by atoms with Gasteiger partial charge >= 0.3 is 0 Å². The number of amidine groups is 1. The number of likely N-dealkylation sites (tertiary alicyclic amines) is 1. The minimum atomic E-state index is -0.567. The molecule has 0 aliphatic carbocycles. The second kappa shape index (κ2) is 11.1. The summed E-state index contributed by atoms with van der Waals surface area (Å²) in [6, 6.07) is 29.0. The summed E-state index contributed by atoms with van der Waals surface area (Å²) in [4.78, 5) is 35.5. The Hall–Kier alpha value is -4.16. The number of nitrogens with one attached hydrogen (secondary N) is 1. The van der Waals surface area contributed by atoms with Crippen molar-refractivity contribution < 1.29 is 9.59 Å². The van der Waals surface area contributed by atoms with E-state index in [9.17, 15) is 9.59 Å². The number of hydrogen-bond acceptors (Lipinski definition) is 4. The van der Waals surface area contributed by atoms with Crippen LogP contribution in [0.4, 0.5) is 5.69 Å². The lowest BCUT2D eigenvalue weighted by molar-refractivity contribution is -0.119.